The lowest BCUT2D eigenvalue weighted by Crippen LogP contribution is -2.40. The number of nitrogens with one attached hydrogen (secondary N) is 1. The Balaban J connectivity index is 3.69. The summed E-state index contributed by atoms with van der Waals surface area (Å²) in [7, 11) is 0. The van der Waals surface area contributed by atoms with Gasteiger partial charge in [0.25, 0.3) is 0 Å². The maximum atomic E-state index is 9.67. The zero-order chi connectivity index (χ0) is 11.4. The molecule has 3 nitrogen and oxygen atoms in total. The highest BCUT2D eigenvalue weighted by Crippen LogP contribution is 2.20. The van der Waals surface area contributed by atoms with E-state index in [1.165, 1.54) is 0 Å². The molecule has 0 aliphatic rings. The van der Waals surface area contributed by atoms with Crippen molar-refractivity contribution in [2.75, 3.05) is 6.54 Å². The summed E-state index contributed by atoms with van der Waals surface area (Å²) >= 11 is 0. The fraction of sp³-hybridized carbons (Fsp3) is 1.00. The standard InChI is InChI=1S/C11H25NO2/c1-8(9(2)13)12-7-10(14)6-11(3,4)5/h8-10,12-14H,6-7H2,1-5H3. The van der Waals surface area contributed by atoms with Gasteiger partial charge < -0.3 is 15.5 Å². The normalized spacial score (nSPS) is 19.1. The van der Waals surface area contributed by atoms with Gasteiger partial charge in [-0.15, -0.1) is 0 Å². The fourth-order valence-electron chi connectivity index (χ4n) is 1.27. The van der Waals surface area contributed by atoms with Gasteiger partial charge >= 0.3 is 0 Å². The minimum absolute atomic E-state index is 0.0321. The summed E-state index contributed by atoms with van der Waals surface area (Å²) in [6, 6.07) is 0.0321. The van der Waals surface area contributed by atoms with Gasteiger partial charge in [0.05, 0.1) is 12.2 Å². The van der Waals surface area contributed by atoms with E-state index < -0.39 is 0 Å². The lowest BCUT2D eigenvalue weighted by Gasteiger charge is -2.24. The van der Waals surface area contributed by atoms with E-state index in [1.54, 1.807) is 6.92 Å². The Morgan fingerprint density at radius 1 is 1.14 bits per heavy atom. The molecule has 3 N–H and O–H groups in total. The fourth-order valence-corrected chi connectivity index (χ4v) is 1.27. The molecule has 0 fully saturated rings. The van der Waals surface area contributed by atoms with Crippen LogP contribution in [-0.4, -0.2) is 35.0 Å². The van der Waals surface area contributed by atoms with E-state index in [1.807, 2.05) is 6.92 Å². The predicted molar refractivity (Wildman–Crippen MR) is 59.2 cm³/mol. The molecule has 0 saturated heterocycles. The van der Waals surface area contributed by atoms with E-state index in [0.717, 1.165) is 6.42 Å². The minimum atomic E-state index is -0.378. The van der Waals surface area contributed by atoms with Gasteiger partial charge in [0, 0.05) is 12.6 Å². The van der Waals surface area contributed by atoms with Crippen LogP contribution in [0.2, 0.25) is 0 Å². The van der Waals surface area contributed by atoms with Gasteiger partial charge in [0.2, 0.25) is 0 Å². The van der Waals surface area contributed by atoms with Gasteiger partial charge in [-0.3, -0.25) is 0 Å². The van der Waals surface area contributed by atoms with Crippen molar-refractivity contribution in [3.8, 4) is 0 Å². The summed E-state index contributed by atoms with van der Waals surface area (Å²) in [5.41, 5.74) is 0.148. The second-order valence-electron chi connectivity index (χ2n) is 5.36. The van der Waals surface area contributed by atoms with Crippen molar-refractivity contribution < 1.29 is 10.2 Å². The number of rotatable bonds is 5. The van der Waals surface area contributed by atoms with Crippen LogP contribution in [0, 0.1) is 5.41 Å². The van der Waals surface area contributed by atoms with Crippen molar-refractivity contribution in [2.24, 2.45) is 5.41 Å². The lowest BCUT2D eigenvalue weighted by atomic mass is 9.89. The topological polar surface area (TPSA) is 52.5 Å². The first-order valence-corrected chi connectivity index (χ1v) is 5.32. The van der Waals surface area contributed by atoms with Crippen LogP contribution in [0.25, 0.3) is 0 Å². The van der Waals surface area contributed by atoms with Gasteiger partial charge in [-0.05, 0) is 25.7 Å². The molecule has 3 heteroatoms. The van der Waals surface area contributed by atoms with Crippen molar-refractivity contribution in [2.45, 2.75) is 59.3 Å². The molecule has 0 aliphatic carbocycles. The van der Waals surface area contributed by atoms with Crippen molar-refractivity contribution in [3.05, 3.63) is 0 Å². The first-order valence-electron chi connectivity index (χ1n) is 5.32. The largest absolute Gasteiger partial charge is 0.392 e. The summed E-state index contributed by atoms with van der Waals surface area (Å²) in [6.45, 7) is 10.5. The van der Waals surface area contributed by atoms with Gasteiger partial charge in [-0.1, -0.05) is 20.8 Å². The first-order chi connectivity index (χ1) is 6.22. The molecule has 0 amide bonds. The Labute approximate surface area is 87.5 Å². The van der Waals surface area contributed by atoms with E-state index in [2.05, 4.69) is 26.1 Å². The maximum Gasteiger partial charge on any atom is 0.0669 e. The van der Waals surface area contributed by atoms with Gasteiger partial charge in [-0.25, -0.2) is 0 Å². The second-order valence-corrected chi connectivity index (χ2v) is 5.36. The molecule has 86 valence electrons. The number of aliphatic hydroxyl groups excluding tert-OH is 2. The van der Waals surface area contributed by atoms with Crippen LogP contribution in [0.15, 0.2) is 0 Å². The monoisotopic (exact) mass is 203 g/mol. The first kappa shape index (κ1) is 13.9. The summed E-state index contributed by atoms with van der Waals surface area (Å²) in [5.74, 6) is 0. The Kier molecular flexibility index (Phi) is 5.64. The molecule has 0 spiro atoms. The molecular formula is C11H25NO2. The van der Waals surface area contributed by atoms with Crippen LogP contribution in [0.5, 0.6) is 0 Å². The lowest BCUT2D eigenvalue weighted by molar-refractivity contribution is 0.101. The SMILES string of the molecule is CC(O)C(C)NCC(O)CC(C)(C)C. The van der Waals surface area contributed by atoms with Crippen LogP contribution in [-0.2, 0) is 0 Å². The molecule has 14 heavy (non-hydrogen) atoms. The molecule has 0 saturated carbocycles. The van der Waals surface area contributed by atoms with Gasteiger partial charge in [-0.2, -0.15) is 0 Å². The Morgan fingerprint density at radius 3 is 2.00 bits per heavy atom. The van der Waals surface area contributed by atoms with Crippen LogP contribution >= 0.6 is 0 Å². The number of hydrogen-bond acceptors (Lipinski definition) is 3. The Hall–Kier alpha value is -0.120. The number of aliphatic hydroxyl groups is 2. The van der Waals surface area contributed by atoms with E-state index in [9.17, 15) is 10.2 Å². The molecule has 0 aromatic heterocycles. The molecule has 0 aromatic rings. The van der Waals surface area contributed by atoms with E-state index in [4.69, 9.17) is 0 Å². The summed E-state index contributed by atoms with van der Waals surface area (Å²) in [4.78, 5) is 0. The molecule has 0 aliphatic heterocycles. The van der Waals surface area contributed by atoms with Crippen LogP contribution in [0.4, 0.5) is 0 Å². The van der Waals surface area contributed by atoms with Gasteiger partial charge in [0.15, 0.2) is 0 Å². The molecule has 3 unspecified atom stereocenters. The van der Waals surface area contributed by atoms with Crippen LogP contribution in [0.3, 0.4) is 0 Å². The average Bonchev–Trinajstić information content (AvgIpc) is 1.96. The van der Waals surface area contributed by atoms with Crippen LogP contribution in [0.1, 0.15) is 41.0 Å². The van der Waals surface area contributed by atoms with E-state index in [0.29, 0.717) is 6.54 Å². The molecule has 0 heterocycles. The van der Waals surface area contributed by atoms with Crippen LogP contribution < -0.4 is 5.32 Å². The van der Waals surface area contributed by atoms with E-state index >= 15 is 0 Å². The van der Waals surface area contributed by atoms with E-state index in [-0.39, 0.29) is 23.7 Å². The van der Waals surface area contributed by atoms with Gasteiger partial charge in [0.1, 0.15) is 0 Å². The summed E-state index contributed by atoms with van der Waals surface area (Å²) in [5, 5.41) is 22.0. The highest BCUT2D eigenvalue weighted by molar-refractivity contribution is 4.73. The Morgan fingerprint density at radius 2 is 1.64 bits per heavy atom. The third-order valence-electron chi connectivity index (χ3n) is 2.25. The zero-order valence-corrected chi connectivity index (χ0v) is 10.0. The quantitative estimate of drug-likeness (QED) is 0.628. The highest BCUT2D eigenvalue weighted by atomic mass is 16.3. The van der Waals surface area contributed by atoms with Crippen molar-refractivity contribution in [3.63, 3.8) is 0 Å². The third kappa shape index (κ3) is 7.30. The third-order valence-corrected chi connectivity index (χ3v) is 2.25. The second kappa shape index (κ2) is 5.69. The molecule has 0 rings (SSSR count). The van der Waals surface area contributed by atoms with Crippen molar-refractivity contribution in [1.82, 2.24) is 5.32 Å². The molecule has 0 aromatic carbocycles. The van der Waals surface area contributed by atoms with Crippen molar-refractivity contribution in [1.29, 1.82) is 0 Å². The van der Waals surface area contributed by atoms with Crippen molar-refractivity contribution >= 4 is 0 Å². The summed E-state index contributed by atoms with van der Waals surface area (Å²) in [6.07, 6.45) is 0.0556. The number of hydrogen-bond donors (Lipinski definition) is 3. The minimum Gasteiger partial charge on any atom is -0.392 e. The highest BCUT2D eigenvalue weighted by Gasteiger charge is 2.17. The average molecular weight is 203 g/mol. The molecule has 0 bridgehead atoms. The smallest absolute Gasteiger partial charge is 0.0669 e. The zero-order valence-electron chi connectivity index (χ0n) is 10.0. The molecule has 3 atom stereocenters. The summed E-state index contributed by atoms with van der Waals surface area (Å²) < 4.78 is 0. The predicted octanol–water partition coefficient (Wildman–Crippen LogP) is 1.14. The maximum absolute atomic E-state index is 9.67. The molecule has 0 radical (unpaired) electrons. The molecular weight excluding hydrogens is 178 g/mol. The Bertz CT molecular complexity index is 152.